The zero-order valence-electron chi connectivity index (χ0n) is 7.18. The van der Waals surface area contributed by atoms with Crippen LogP contribution in [0.1, 0.15) is 0 Å². The number of nitrogens with two attached hydrogens (primary N) is 1. The highest BCUT2D eigenvalue weighted by atomic mass is 19.1. The lowest BCUT2D eigenvalue weighted by atomic mass is 10.1. The molecule has 4 nitrogen and oxygen atoms in total. The zero-order chi connectivity index (χ0) is 9.97. The van der Waals surface area contributed by atoms with Crippen molar-refractivity contribution < 1.29 is 4.39 Å². The molecule has 0 bridgehead atoms. The molecule has 5 heteroatoms. The molecule has 0 radical (unpaired) electrons. The molecule has 2 rings (SSSR count). The molecule has 0 amide bonds. The first-order valence-corrected chi connectivity index (χ1v) is 3.96. The average molecular weight is 190 g/mol. The number of nitrogens with zero attached hydrogens (tertiary/aromatic N) is 3. The minimum atomic E-state index is -0.600. The van der Waals surface area contributed by atoms with Crippen molar-refractivity contribution in [3.63, 3.8) is 0 Å². The van der Waals surface area contributed by atoms with E-state index in [1.54, 1.807) is 12.1 Å². The average Bonchev–Trinajstić information content (AvgIpc) is 2.18. The van der Waals surface area contributed by atoms with Crippen molar-refractivity contribution in [1.29, 1.82) is 0 Å². The van der Waals surface area contributed by atoms with E-state index in [0.29, 0.717) is 5.56 Å². The molecule has 0 aliphatic carbocycles. The zero-order valence-corrected chi connectivity index (χ0v) is 7.18. The van der Waals surface area contributed by atoms with Crippen molar-refractivity contribution in [3.05, 3.63) is 36.5 Å². The maximum Gasteiger partial charge on any atom is 0.215 e. The number of anilines is 1. The molecule has 2 aromatic rings. The number of rotatable bonds is 1. The molecule has 0 aliphatic rings. The van der Waals surface area contributed by atoms with Crippen molar-refractivity contribution in [2.45, 2.75) is 0 Å². The maximum atomic E-state index is 12.9. The van der Waals surface area contributed by atoms with Gasteiger partial charge in [0.15, 0.2) is 0 Å². The summed E-state index contributed by atoms with van der Waals surface area (Å²) in [5.41, 5.74) is 6.81. The highest BCUT2D eigenvalue weighted by Crippen LogP contribution is 2.19. The van der Waals surface area contributed by atoms with Crippen LogP contribution in [0.25, 0.3) is 11.1 Å². The fourth-order valence-electron chi connectivity index (χ4n) is 1.15. The number of hydrogen-bond donors (Lipinski definition) is 1. The summed E-state index contributed by atoms with van der Waals surface area (Å²) >= 11 is 0. The van der Waals surface area contributed by atoms with E-state index in [4.69, 9.17) is 5.73 Å². The fraction of sp³-hybridized carbons (Fsp3) is 0. The third-order valence-electron chi connectivity index (χ3n) is 1.73. The molecule has 0 spiro atoms. The molecule has 0 aromatic carbocycles. The summed E-state index contributed by atoms with van der Waals surface area (Å²) in [5, 5.41) is 7.31. The van der Waals surface area contributed by atoms with Gasteiger partial charge in [0.1, 0.15) is 5.82 Å². The third kappa shape index (κ3) is 1.66. The molecule has 14 heavy (non-hydrogen) atoms. The predicted molar refractivity (Wildman–Crippen MR) is 49.6 cm³/mol. The van der Waals surface area contributed by atoms with Crippen LogP contribution in [0.4, 0.5) is 10.2 Å². The summed E-state index contributed by atoms with van der Waals surface area (Å²) < 4.78 is 12.9. The van der Waals surface area contributed by atoms with E-state index in [2.05, 4.69) is 15.2 Å². The summed E-state index contributed by atoms with van der Waals surface area (Å²) in [7, 11) is 0. The lowest BCUT2D eigenvalue weighted by molar-refractivity contribution is 0.586. The van der Waals surface area contributed by atoms with Crippen LogP contribution in [-0.2, 0) is 0 Å². The Morgan fingerprint density at radius 2 is 2.00 bits per heavy atom. The van der Waals surface area contributed by atoms with Gasteiger partial charge < -0.3 is 5.73 Å². The lowest BCUT2D eigenvalue weighted by Crippen LogP contribution is -1.94. The fourth-order valence-corrected chi connectivity index (χ4v) is 1.15. The van der Waals surface area contributed by atoms with Crippen LogP contribution in [0.15, 0.2) is 30.6 Å². The first-order valence-electron chi connectivity index (χ1n) is 3.96. The van der Waals surface area contributed by atoms with Gasteiger partial charge in [0.2, 0.25) is 5.95 Å². The normalized spacial score (nSPS) is 10.1. The van der Waals surface area contributed by atoms with E-state index in [0.717, 1.165) is 5.56 Å². The summed E-state index contributed by atoms with van der Waals surface area (Å²) in [6.45, 7) is 0. The van der Waals surface area contributed by atoms with Gasteiger partial charge in [-0.05, 0) is 17.7 Å². The molecule has 70 valence electrons. The molecular weight excluding hydrogens is 183 g/mol. The highest BCUT2D eigenvalue weighted by molar-refractivity contribution is 5.64. The minimum absolute atomic E-state index is 0.150. The number of nitrogen functional groups attached to an aromatic ring is 1. The topological polar surface area (TPSA) is 64.7 Å². The van der Waals surface area contributed by atoms with Crippen LogP contribution in [0.5, 0.6) is 0 Å². The second-order valence-corrected chi connectivity index (χ2v) is 2.73. The van der Waals surface area contributed by atoms with Crippen molar-refractivity contribution in [3.8, 4) is 11.1 Å². The Hall–Kier alpha value is -2.04. The minimum Gasteiger partial charge on any atom is -0.384 e. The van der Waals surface area contributed by atoms with Crippen LogP contribution in [-0.4, -0.2) is 15.2 Å². The van der Waals surface area contributed by atoms with E-state index in [1.165, 1.54) is 18.5 Å². The van der Waals surface area contributed by atoms with Crippen LogP contribution in [0.2, 0.25) is 0 Å². The van der Waals surface area contributed by atoms with Crippen molar-refractivity contribution in [2.24, 2.45) is 0 Å². The molecule has 0 atom stereocenters. The molecule has 0 aliphatic heterocycles. The smallest absolute Gasteiger partial charge is 0.215 e. The Morgan fingerprint density at radius 3 is 2.64 bits per heavy atom. The molecule has 0 fully saturated rings. The first kappa shape index (κ1) is 8.55. The standard InChI is InChI=1S/C9H7FN4/c10-8-3-7(4-9(11)14-8)6-1-2-12-13-5-6/h1-5H,(H2,11,14). The second kappa shape index (κ2) is 3.37. The molecular formula is C9H7FN4. The Balaban J connectivity index is 2.52. The lowest BCUT2D eigenvalue weighted by Gasteiger charge is -2.01. The second-order valence-electron chi connectivity index (χ2n) is 2.73. The summed E-state index contributed by atoms with van der Waals surface area (Å²) in [5.74, 6) is -0.450. The quantitative estimate of drug-likeness (QED) is 0.687. The Labute approximate surface area is 79.6 Å². The van der Waals surface area contributed by atoms with Crippen LogP contribution in [0.3, 0.4) is 0 Å². The van der Waals surface area contributed by atoms with E-state index < -0.39 is 5.95 Å². The molecule has 0 saturated carbocycles. The Kier molecular flexibility index (Phi) is 2.06. The molecule has 2 aromatic heterocycles. The van der Waals surface area contributed by atoms with Crippen molar-refractivity contribution in [2.75, 3.05) is 5.73 Å². The molecule has 0 saturated heterocycles. The van der Waals surface area contributed by atoms with E-state index in [-0.39, 0.29) is 5.82 Å². The van der Waals surface area contributed by atoms with Gasteiger partial charge in [-0.25, -0.2) is 4.98 Å². The Morgan fingerprint density at radius 1 is 1.14 bits per heavy atom. The Bertz CT molecular complexity index is 424. The number of aromatic nitrogens is 3. The van der Waals surface area contributed by atoms with Crippen molar-refractivity contribution in [1.82, 2.24) is 15.2 Å². The van der Waals surface area contributed by atoms with Crippen LogP contribution in [0, 0.1) is 5.95 Å². The van der Waals surface area contributed by atoms with E-state index in [9.17, 15) is 4.39 Å². The van der Waals surface area contributed by atoms with Gasteiger partial charge in [0.25, 0.3) is 0 Å². The number of pyridine rings is 1. The number of hydrogen-bond acceptors (Lipinski definition) is 4. The first-order chi connectivity index (χ1) is 6.75. The van der Waals surface area contributed by atoms with Gasteiger partial charge in [-0.15, -0.1) is 0 Å². The summed E-state index contributed by atoms with van der Waals surface area (Å²) in [6, 6.07) is 4.61. The predicted octanol–water partition coefficient (Wildman–Crippen LogP) is 1.26. The van der Waals surface area contributed by atoms with Crippen LogP contribution < -0.4 is 5.73 Å². The summed E-state index contributed by atoms with van der Waals surface area (Å²) in [4.78, 5) is 3.43. The SMILES string of the molecule is Nc1cc(-c2ccnnc2)cc(F)n1. The van der Waals surface area contributed by atoms with Gasteiger partial charge in [-0.1, -0.05) is 0 Å². The van der Waals surface area contributed by atoms with Crippen molar-refractivity contribution >= 4 is 5.82 Å². The van der Waals surface area contributed by atoms with E-state index >= 15 is 0 Å². The molecule has 0 unspecified atom stereocenters. The highest BCUT2D eigenvalue weighted by Gasteiger charge is 2.02. The monoisotopic (exact) mass is 190 g/mol. The van der Waals surface area contributed by atoms with Gasteiger partial charge in [-0.3, -0.25) is 0 Å². The van der Waals surface area contributed by atoms with Gasteiger partial charge in [-0.2, -0.15) is 14.6 Å². The molecule has 2 heterocycles. The summed E-state index contributed by atoms with van der Waals surface area (Å²) in [6.07, 6.45) is 3.07. The van der Waals surface area contributed by atoms with Crippen LogP contribution >= 0.6 is 0 Å². The largest absolute Gasteiger partial charge is 0.384 e. The van der Waals surface area contributed by atoms with Gasteiger partial charge in [0.05, 0.1) is 12.4 Å². The number of halogens is 1. The maximum absolute atomic E-state index is 12.9. The van der Waals surface area contributed by atoms with Gasteiger partial charge in [0, 0.05) is 11.6 Å². The third-order valence-corrected chi connectivity index (χ3v) is 1.73. The molecule has 2 N–H and O–H groups in total. The van der Waals surface area contributed by atoms with E-state index in [1.807, 2.05) is 0 Å². The van der Waals surface area contributed by atoms with Gasteiger partial charge >= 0.3 is 0 Å².